The minimum atomic E-state index is -0.656. The van der Waals surface area contributed by atoms with E-state index in [-0.39, 0.29) is 6.10 Å². The van der Waals surface area contributed by atoms with Crippen LogP contribution in [0.1, 0.15) is 33.3 Å². The van der Waals surface area contributed by atoms with Crippen LogP contribution in [0.2, 0.25) is 0 Å². The molecule has 120 valence electrons. The zero-order chi connectivity index (χ0) is 15.8. The van der Waals surface area contributed by atoms with Crippen molar-refractivity contribution in [2.75, 3.05) is 6.61 Å². The zero-order valence-corrected chi connectivity index (χ0v) is 13.7. The Morgan fingerprint density at radius 1 is 1.14 bits per heavy atom. The lowest BCUT2D eigenvalue weighted by Gasteiger charge is -2.55. The van der Waals surface area contributed by atoms with Crippen LogP contribution in [-0.2, 0) is 25.6 Å². The smallest absolute Gasteiger partial charge is 0.164 e. The highest BCUT2D eigenvalue weighted by atomic mass is 16.7. The Bertz CT molecular complexity index is 553. The Labute approximate surface area is 132 Å². The summed E-state index contributed by atoms with van der Waals surface area (Å²) in [4.78, 5) is 0. The molecule has 0 N–H and O–H groups in total. The maximum absolute atomic E-state index is 6.27. The first-order chi connectivity index (χ1) is 10.3. The molecule has 2 aliphatic heterocycles. The molecule has 0 aromatic heterocycles. The van der Waals surface area contributed by atoms with Crippen LogP contribution in [0.4, 0.5) is 0 Å². The molecule has 0 amide bonds. The molecule has 1 fully saturated rings. The number of fused-ring (bicyclic) bond motifs is 1. The van der Waals surface area contributed by atoms with Crippen molar-refractivity contribution in [3.05, 3.63) is 48.2 Å². The molecule has 0 radical (unpaired) electrons. The second-order valence-corrected chi connectivity index (χ2v) is 6.73. The predicted molar refractivity (Wildman–Crippen MR) is 83.2 cm³/mol. The van der Waals surface area contributed by atoms with E-state index in [0.717, 1.165) is 5.56 Å². The van der Waals surface area contributed by atoms with Crippen LogP contribution in [0.25, 0.3) is 0 Å². The molecule has 1 saturated heterocycles. The molecular formula is C18H24O4. The van der Waals surface area contributed by atoms with Gasteiger partial charge in [-0.2, -0.15) is 0 Å². The van der Waals surface area contributed by atoms with E-state index in [1.54, 1.807) is 6.26 Å². The lowest BCUT2D eigenvalue weighted by atomic mass is 9.78. The van der Waals surface area contributed by atoms with E-state index in [1.807, 2.05) is 52.0 Å². The van der Waals surface area contributed by atoms with Crippen molar-refractivity contribution in [3.8, 4) is 0 Å². The molecular weight excluding hydrogens is 280 g/mol. The van der Waals surface area contributed by atoms with Crippen molar-refractivity contribution in [2.45, 2.75) is 57.4 Å². The highest BCUT2D eigenvalue weighted by molar-refractivity contribution is 5.19. The van der Waals surface area contributed by atoms with Gasteiger partial charge in [-0.15, -0.1) is 0 Å². The topological polar surface area (TPSA) is 36.9 Å². The SMILES string of the molecule is CC1(C)OCC2OC=C[C@@](C)(OCc3ccccc3)[C@]2(C)O1. The van der Waals surface area contributed by atoms with Gasteiger partial charge in [0.15, 0.2) is 11.9 Å². The Hall–Kier alpha value is -1.36. The Morgan fingerprint density at radius 3 is 2.59 bits per heavy atom. The summed E-state index contributed by atoms with van der Waals surface area (Å²) in [7, 11) is 0. The highest BCUT2D eigenvalue weighted by Gasteiger charge is 2.59. The number of hydrogen-bond acceptors (Lipinski definition) is 4. The number of ether oxygens (including phenoxy) is 4. The molecule has 4 nitrogen and oxygen atoms in total. The first kappa shape index (κ1) is 15.5. The van der Waals surface area contributed by atoms with E-state index in [0.29, 0.717) is 13.2 Å². The van der Waals surface area contributed by atoms with E-state index < -0.39 is 17.0 Å². The molecule has 2 aliphatic rings. The summed E-state index contributed by atoms with van der Waals surface area (Å²) in [5.74, 6) is -0.656. The summed E-state index contributed by atoms with van der Waals surface area (Å²) >= 11 is 0. The quantitative estimate of drug-likeness (QED) is 0.857. The van der Waals surface area contributed by atoms with Gasteiger partial charge in [-0.3, -0.25) is 0 Å². The largest absolute Gasteiger partial charge is 0.493 e. The maximum Gasteiger partial charge on any atom is 0.164 e. The molecule has 0 saturated carbocycles. The van der Waals surface area contributed by atoms with Gasteiger partial charge in [0.05, 0.1) is 19.5 Å². The van der Waals surface area contributed by atoms with Crippen molar-refractivity contribution < 1.29 is 18.9 Å². The van der Waals surface area contributed by atoms with E-state index in [1.165, 1.54) is 0 Å². The summed E-state index contributed by atoms with van der Waals surface area (Å²) in [5, 5.41) is 0. The molecule has 22 heavy (non-hydrogen) atoms. The second kappa shape index (κ2) is 5.37. The highest BCUT2D eigenvalue weighted by Crippen LogP contribution is 2.45. The lowest BCUT2D eigenvalue weighted by Crippen LogP contribution is -2.68. The average Bonchev–Trinajstić information content (AvgIpc) is 2.47. The van der Waals surface area contributed by atoms with Gasteiger partial charge in [-0.1, -0.05) is 30.3 Å². The standard InChI is InChI=1S/C18H24O4/c1-16(2)20-13-15-18(4,22-16)17(3,10-11-19-15)21-12-14-8-6-5-7-9-14/h5-11,15H,12-13H2,1-4H3/t15?,17-,18-/m1/s1. The molecule has 3 rings (SSSR count). The average molecular weight is 304 g/mol. The van der Waals surface area contributed by atoms with E-state index in [9.17, 15) is 0 Å². The summed E-state index contributed by atoms with van der Waals surface area (Å²) < 4.78 is 24.0. The van der Waals surface area contributed by atoms with Crippen LogP contribution < -0.4 is 0 Å². The van der Waals surface area contributed by atoms with Gasteiger partial charge in [0, 0.05) is 0 Å². The molecule has 0 bridgehead atoms. The summed E-state index contributed by atoms with van der Waals surface area (Å²) in [6, 6.07) is 10.1. The fourth-order valence-electron chi connectivity index (χ4n) is 3.06. The minimum absolute atomic E-state index is 0.189. The molecule has 4 heteroatoms. The normalized spacial score (nSPS) is 36.5. The van der Waals surface area contributed by atoms with Gasteiger partial charge in [-0.05, 0) is 39.3 Å². The van der Waals surface area contributed by atoms with Crippen molar-refractivity contribution >= 4 is 0 Å². The summed E-state index contributed by atoms with van der Waals surface area (Å²) in [6.45, 7) is 8.93. The van der Waals surface area contributed by atoms with Gasteiger partial charge in [-0.25, -0.2) is 0 Å². The van der Waals surface area contributed by atoms with Crippen molar-refractivity contribution in [1.29, 1.82) is 0 Å². The van der Waals surface area contributed by atoms with E-state index >= 15 is 0 Å². The number of benzene rings is 1. The summed E-state index contributed by atoms with van der Waals surface area (Å²) in [5.41, 5.74) is -0.0689. The molecule has 1 aromatic carbocycles. The number of hydrogen-bond donors (Lipinski definition) is 0. The van der Waals surface area contributed by atoms with Crippen molar-refractivity contribution in [1.82, 2.24) is 0 Å². The van der Waals surface area contributed by atoms with Crippen LogP contribution in [0.15, 0.2) is 42.7 Å². The zero-order valence-electron chi connectivity index (χ0n) is 13.7. The first-order valence-electron chi connectivity index (χ1n) is 7.70. The first-order valence-corrected chi connectivity index (χ1v) is 7.70. The van der Waals surface area contributed by atoms with Gasteiger partial charge >= 0.3 is 0 Å². The molecule has 3 atom stereocenters. The van der Waals surface area contributed by atoms with Gasteiger partial charge < -0.3 is 18.9 Å². The van der Waals surface area contributed by atoms with Gasteiger partial charge in [0.25, 0.3) is 0 Å². The molecule has 2 heterocycles. The fourth-order valence-corrected chi connectivity index (χ4v) is 3.06. The third-order valence-electron chi connectivity index (χ3n) is 4.65. The summed E-state index contributed by atoms with van der Waals surface area (Å²) in [6.07, 6.45) is 3.45. The van der Waals surface area contributed by atoms with Crippen LogP contribution in [0, 0.1) is 0 Å². The number of rotatable bonds is 3. The fraction of sp³-hybridized carbons (Fsp3) is 0.556. The Kier molecular flexibility index (Phi) is 3.79. The third-order valence-corrected chi connectivity index (χ3v) is 4.65. The van der Waals surface area contributed by atoms with Crippen molar-refractivity contribution in [3.63, 3.8) is 0 Å². The van der Waals surface area contributed by atoms with Gasteiger partial charge in [0.2, 0.25) is 0 Å². The van der Waals surface area contributed by atoms with Crippen LogP contribution in [0.5, 0.6) is 0 Å². The molecule has 1 unspecified atom stereocenters. The monoisotopic (exact) mass is 304 g/mol. The van der Waals surface area contributed by atoms with Crippen molar-refractivity contribution in [2.24, 2.45) is 0 Å². The maximum atomic E-state index is 6.27. The lowest BCUT2D eigenvalue weighted by molar-refractivity contribution is -0.375. The third kappa shape index (κ3) is 2.67. The Balaban J connectivity index is 1.83. The second-order valence-electron chi connectivity index (χ2n) is 6.73. The van der Waals surface area contributed by atoms with Crippen LogP contribution in [0.3, 0.4) is 0 Å². The molecule has 0 aliphatic carbocycles. The molecule has 1 aromatic rings. The minimum Gasteiger partial charge on any atom is -0.493 e. The predicted octanol–water partition coefficient (Wildman–Crippen LogP) is 3.42. The van der Waals surface area contributed by atoms with Gasteiger partial charge in [0.1, 0.15) is 11.2 Å². The molecule has 0 spiro atoms. The Morgan fingerprint density at radius 2 is 1.86 bits per heavy atom. The van der Waals surface area contributed by atoms with Crippen LogP contribution in [-0.4, -0.2) is 29.7 Å². The van der Waals surface area contributed by atoms with Crippen LogP contribution >= 0.6 is 0 Å². The van der Waals surface area contributed by atoms with E-state index in [4.69, 9.17) is 18.9 Å². The van der Waals surface area contributed by atoms with E-state index in [2.05, 4.69) is 12.1 Å².